The van der Waals surface area contributed by atoms with Crippen LogP contribution in [0.5, 0.6) is 0 Å². The smallest absolute Gasteiger partial charge is 0.315 e. The number of hydrogen-bond acceptors (Lipinski definition) is 4. The molecular formula is C33H33Cl2N4O3+. The van der Waals surface area contributed by atoms with E-state index in [1.807, 2.05) is 85.3 Å². The minimum atomic E-state index is -0.714. The summed E-state index contributed by atoms with van der Waals surface area (Å²) >= 11 is 0. The number of halogens is 2. The maximum absolute atomic E-state index is 13.3. The topological polar surface area (TPSA) is 68.3 Å². The number of esters is 1. The first-order valence-corrected chi connectivity index (χ1v) is 13.3. The number of benzene rings is 3. The van der Waals surface area contributed by atoms with E-state index in [0.29, 0.717) is 5.69 Å². The number of amides is 1. The molecule has 1 amide bonds. The van der Waals surface area contributed by atoms with Crippen LogP contribution in [0.2, 0.25) is 0 Å². The first-order valence-electron chi connectivity index (χ1n) is 13.3. The summed E-state index contributed by atoms with van der Waals surface area (Å²) in [6, 6.07) is 36.5. The van der Waals surface area contributed by atoms with Gasteiger partial charge in [0, 0.05) is 18.3 Å². The number of carbonyl (C=O) groups excluding carboxylic acids is 2. The summed E-state index contributed by atoms with van der Waals surface area (Å²) in [6.07, 6.45) is 6.95. The molecule has 0 unspecified atom stereocenters. The van der Waals surface area contributed by atoms with Crippen molar-refractivity contribution >= 4 is 36.7 Å². The molecule has 0 aliphatic carbocycles. The largest absolute Gasteiger partial charge is 0.466 e. The standard InChI is InChI=1S/C33H31N4O3.2ClH/c1-2-40-32(39)23-31(38)37(36-21-13-6-14-22-36)25-30-24-35(26-34-30)33(27-15-7-3-8-16-27,28-17-9-4-10-18-28)29-19-11-5-12-20-29;;/h3-22,24,26H,2,23,25H2,1H3;2*1H/q+1;;. The molecule has 5 rings (SSSR count). The van der Waals surface area contributed by atoms with Crippen LogP contribution in [0.15, 0.2) is 134 Å². The number of rotatable bonds is 10. The number of hydrogen-bond donors (Lipinski definition) is 0. The Kier molecular flexibility index (Phi) is 11.4. The van der Waals surface area contributed by atoms with Gasteiger partial charge in [0.05, 0.1) is 18.6 Å². The summed E-state index contributed by atoms with van der Waals surface area (Å²) in [5.74, 6) is -0.944. The van der Waals surface area contributed by atoms with Gasteiger partial charge in [-0.3, -0.25) is 9.59 Å². The Morgan fingerprint density at radius 2 is 1.26 bits per heavy atom. The van der Waals surface area contributed by atoms with Crippen molar-refractivity contribution in [1.82, 2.24) is 9.55 Å². The highest BCUT2D eigenvalue weighted by atomic mass is 35.5. The Hall–Kier alpha value is -4.46. The molecule has 216 valence electrons. The average Bonchev–Trinajstić information content (AvgIpc) is 3.47. The van der Waals surface area contributed by atoms with Gasteiger partial charge in [-0.15, -0.1) is 29.8 Å². The summed E-state index contributed by atoms with van der Waals surface area (Å²) in [6.45, 7) is 2.10. The van der Waals surface area contributed by atoms with Crippen LogP contribution in [-0.2, 0) is 26.4 Å². The molecule has 0 aliphatic heterocycles. The van der Waals surface area contributed by atoms with Crippen LogP contribution in [0.3, 0.4) is 0 Å². The lowest BCUT2D eigenvalue weighted by molar-refractivity contribution is -0.685. The number of carbonyl (C=O) groups is 2. The van der Waals surface area contributed by atoms with Crippen LogP contribution in [0, 0.1) is 0 Å². The van der Waals surface area contributed by atoms with Gasteiger partial charge in [0.15, 0.2) is 12.4 Å². The fourth-order valence-corrected chi connectivity index (χ4v) is 5.04. The molecule has 2 heterocycles. The van der Waals surface area contributed by atoms with E-state index < -0.39 is 11.5 Å². The van der Waals surface area contributed by atoms with Gasteiger partial charge in [-0.1, -0.05) is 102 Å². The fraction of sp³-hybridized carbons (Fsp3) is 0.152. The van der Waals surface area contributed by atoms with Crippen molar-refractivity contribution in [2.45, 2.75) is 25.4 Å². The highest BCUT2D eigenvalue weighted by Gasteiger charge is 2.38. The summed E-state index contributed by atoms with van der Waals surface area (Å²) < 4.78 is 8.80. The SMILES string of the molecule is CCOC(=O)CC(=O)N(Cc1cn(C(c2ccccc2)(c2ccccc2)c2ccccc2)cn1)[n+]1ccccc1.Cl.Cl. The Labute approximate surface area is 258 Å². The zero-order valence-corrected chi connectivity index (χ0v) is 24.8. The molecule has 7 nitrogen and oxygen atoms in total. The van der Waals surface area contributed by atoms with Crippen molar-refractivity contribution in [2.75, 3.05) is 11.6 Å². The molecule has 0 saturated heterocycles. The number of nitrogens with zero attached hydrogens (tertiary/aromatic N) is 4. The maximum Gasteiger partial charge on any atom is 0.315 e. The molecular weight excluding hydrogens is 571 g/mol. The van der Waals surface area contributed by atoms with Crippen LogP contribution < -0.4 is 9.69 Å². The van der Waals surface area contributed by atoms with E-state index in [1.165, 1.54) is 5.01 Å². The maximum atomic E-state index is 13.3. The average molecular weight is 605 g/mol. The Balaban J connectivity index is 0.00000242. The van der Waals surface area contributed by atoms with Gasteiger partial charge in [0.1, 0.15) is 18.5 Å². The van der Waals surface area contributed by atoms with Crippen molar-refractivity contribution in [2.24, 2.45) is 0 Å². The van der Waals surface area contributed by atoms with E-state index in [9.17, 15) is 9.59 Å². The molecule has 0 spiro atoms. The summed E-state index contributed by atoms with van der Waals surface area (Å²) in [5, 5.41) is 1.50. The molecule has 0 bridgehead atoms. The van der Waals surface area contributed by atoms with Crippen LogP contribution in [0.4, 0.5) is 0 Å². The molecule has 3 aromatic carbocycles. The number of pyridine rings is 1. The second kappa shape index (κ2) is 15.0. The van der Waals surface area contributed by atoms with Gasteiger partial charge in [-0.25, -0.2) is 4.98 Å². The van der Waals surface area contributed by atoms with E-state index in [1.54, 1.807) is 24.0 Å². The Bertz CT molecular complexity index is 1450. The van der Waals surface area contributed by atoms with Gasteiger partial charge in [0.25, 0.3) is 5.91 Å². The van der Waals surface area contributed by atoms with Crippen molar-refractivity contribution in [3.8, 4) is 0 Å². The van der Waals surface area contributed by atoms with Crippen LogP contribution in [0.25, 0.3) is 0 Å². The third kappa shape index (κ3) is 6.70. The zero-order chi connectivity index (χ0) is 27.8. The number of imidazole rings is 1. The minimum absolute atomic E-state index is 0. The quantitative estimate of drug-likeness (QED) is 0.0918. The first kappa shape index (κ1) is 32.1. The Morgan fingerprint density at radius 3 is 1.74 bits per heavy atom. The lowest BCUT2D eigenvalue weighted by Gasteiger charge is -2.37. The second-order valence-electron chi connectivity index (χ2n) is 9.27. The van der Waals surface area contributed by atoms with Crippen molar-refractivity contribution in [3.63, 3.8) is 0 Å². The predicted octanol–water partition coefficient (Wildman–Crippen LogP) is 5.47. The summed E-state index contributed by atoms with van der Waals surface area (Å²) in [5.41, 5.74) is 3.17. The lowest BCUT2D eigenvalue weighted by atomic mass is 9.77. The monoisotopic (exact) mass is 603 g/mol. The molecule has 5 aromatic rings. The van der Waals surface area contributed by atoms with E-state index in [0.717, 1.165) is 16.7 Å². The third-order valence-corrected chi connectivity index (χ3v) is 6.78. The van der Waals surface area contributed by atoms with Gasteiger partial charge in [-0.2, -0.15) is 0 Å². The Morgan fingerprint density at radius 1 is 0.786 bits per heavy atom. The van der Waals surface area contributed by atoms with Gasteiger partial charge < -0.3 is 9.30 Å². The van der Waals surface area contributed by atoms with Crippen LogP contribution >= 0.6 is 24.8 Å². The van der Waals surface area contributed by atoms with E-state index in [-0.39, 0.29) is 50.3 Å². The third-order valence-electron chi connectivity index (χ3n) is 6.78. The minimum Gasteiger partial charge on any atom is -0.466 e. The van der Waals surface area contributed by atoms with Gasteiger partial charge in [0.2, 0.25) is 0 Å². The molecule has 0 atom stereocenters. The zero-order valence-electron chi connectivity index (χ0n) is 23.2. The van der Waals surface area contributed by atoms with Gasteiger partial charge in [-0.05, 0) is 23.6 Å². The van der Waals surface area contributed by atoms with E-state index >= 15 is 0 Å². The molecule has 0 radical (unpaired) electrons. The molecule has 9 heteroatoms. The molecule has 0 N–H and O–H groups in total. The normalized spacial score (nSPS) is 10.6. The predicted molar refractivity (Wildman–Crippen MR) is 166 cm³/mol. The van der Waals surface area contributed by atoms with Crippen molar-refractivity contribution < 1.29 is 19.0 Å². The molecule has 2 aromatic heterocycles. The molecule has 42 heavy (non-hydrogen) atoms. The van der Waals surface area contributed by atoms with Crippen molar-refractivity contribution in [3.05, 3.63) is 156 Å². The molecule has 0 fully saturated rings. The summed E-state index contributed by atoms with van der Waals surface area (Å²) in [4.78, 5) is 30.2. The number of ether oxygens (including phenoxy) is 1. The van der Waals surface area contributed by atoms with Crippen molar-refractivity contribution in [1.29, 1.82) is 0 Å². The number of aromatic nitrogens is 3. The molecule has 0 aliphatic rings. The van der Waals surface area contributed by atoms with E-state index in [4.69, 9.17) is 9.72 Å². The van der Waals surface area contributed by atoms with Crippen LogP contribution in [0.1, 0.15) is 35.7 Å². The van der Waals surface area contributed by atoms with Crippen LogP contribution in [-0.4, -0.2) is 28.0 Å². The second-order valence-corrected chi connectivity index (χ2v) is 9.27. The van der Waals surface area contributed by atoms with E-state index in [2.05, 4.69) is 41.0 Å². The highest BCUT2D eigenvalue weighted by Crippen LogP contribution is 2.40. The van der Waals surface area contributed by atoms with Gasteiger partial charge >= 0.3 is 5.97 Å². The fourth-order valence-electron chi connectivity index (χ4n) is 5.04. The highest BCUT2D eigenvalue weighted by molar-refractivity contribution is 5.98. The summed E-state index contributed by atoms with van der Waals surface area (Å²) in [7, 11) is 0. The first-order chi connectivity index (χ1) is 19.6. The molecule has 0 saturated carbocycles. The lowest BCUT2D eigenvalue weighted by Crippen LogP contribution is -2.60.